The molecule has 0 aromatic heterocycles. The number of fused-ring (bicyclic) bond motifs is 1. The Labute approximate surface area is 175 Å². The summed E-state index contributed by atoms with van der Waals surface area (Å²) in [7, 11) is 0. The molecule has 0 radical (unpaired) electrons. The van der Waals surface area contributed by atoms with E-state index >= 15 is 0 Å². The van der Waals surface area contributed by atoms with Gasteiger partial charge in [0, 0.05) is 24.5 Å². The van der Waals surface area contributed by atoms with Crippen molar-refractivity contribution in [3.05, 3.63) is 47.1 Å². The predicted molar refractivity (Wildman–Crippen MR) is 107 cm³/mol. The van der Waals surface area contributed by atoms with Crippen molar-refractivity contribution in [2.24, 2.45) is 5.92 Å². The molecule has 8 nitrogen and oxygen atoms in total. The smallest absolute Gasteiger partial charge is 0.334 e. The third kappa shape index (κ3) is 5.46. The quantitative estimate of drug-likeness (QED) is 0.304. The normalized spacial score (nSPS) is 33.4. The molecule has 1 aliphatic heterocycles. The molecule has 164 valence electrons. The van der Waals surface area contributed by atoms with E-state index in [0.717, 1.165) is 0 Å². The molecule has 5 atom stereocenters. The van der Waals surface area contributed by atoms with Gasteiger partial charge in [-0.25, -0.2) is 9.59 Å². The number of aliphatic hydroxyl groups is 2. The van der Waals surface area contributed by atoms with Crippen LogP contribution in [0.4, 0.5) is 0 Å². The van der Waals surface area contributed by atoms with Crippen LogP contribution >= 0.6 is 0 Å². The van der Waals surface area contributed by atoms with E-state index in [2.05, 4.69) is 6.58 Å². The monoisotopic (exact) mass is 420 g/mol. The SMILES string of the molecule is C=C1C(=O)O[C@@H]2/C=C(/C)[C@H](OC(C)=O)[C@H](O)/C=C(\C)C[C@@H](OC(=O)/C(C)=C/CO)[C@@H]12. The van der Waals surface area contributed by atoms with Gasteiger partial charge in [0.05, 0.1) is 12.5 Å². The van der Waals surface area contributed by atoms with Crippen LogP contribution in [0.25, 0.3) is 0 Å². The summed E-state index contributed by atoms with van der Waals surface area (Å²) < 4.78 is 16.3. The third-order valence-electron chi connectivity index (χ3n) is 5.10. The molecule has 0 unspecified atom stereocenters. The predicted octanol–water partition coefficient (Wildman–Crippen LogP) is 1.52. The Bertz CT molecular complexity index is 819. The van der Waals surface area contributed by atoms with Gasteiger partial charge >= 0.3 is 17.9 Å². The summed E-state index contributed by atoms with van der Waals surface area (Å²) in [4.78, 5) is 36.2. The molecule has 2 rings (SSSR count). The van der Waals surface area contributed by atoms with E-state index in [1.54, 1.807) is 19.9 Å². The fraction of sp³-hybridized carbons (Fsp3) is 0.500. The van der Waals surface area contributed by atoms with E-state index in [1.807, 2.05) is 0 Å². The van der Waals surface area contributed by atoms with Crippen LogP contribution in [0.15, 0.2) is 47.1 Å². The number of carbonyl (C=O) groups is 3. The van der Waals surface area contributed by atoms with Crippen LogP contribution in [0.5, 0.6) is 0 Å². The maximum absolute atomic E-state index is 12.4. The van der Waals surface area contributed by atoms with Crippen LogP contribution < -0.4 is 0 Å². The molecule has 1 aliphatic carbocycles. The fourth-order valence-electron chi connectivity index (χ4n) is 3.60. The van der Waals surface area contributed by atoms with Gasteiger partial charge in [-0.15, -0.1) is 0 Å². The minimum atomic E-state index is -1.13. The molecular formula is C22H28O8. The van der Waals surface area contributed by atoms with Gasteiger partial charge in [-0.2, -0.15) is 0 Å². The lowest BCUT2D eigenvalue weighted by Gasteiger charge is -2.30. The van der Waals surface area contributed by atoms with Gasteiger partial charge in [-0.05, 0) is 38.5 Å². The van der Waals surface area contributed by atoms with Crippen LogP contribution in [0.1, 0.15) is 34.1 Å². The number of esters is 3. The van der Waals surface area contributed by atoms with Crippen LogP contribution in [-0.4, -0.2) is 59.1 Å². The molecule has 0 aromatic rings. The second-order valence-corrected chi connectivity index (χ2v) is 7.58. The highest BCUT2D eigenvalue weighted by Gasteiger charge is 2.45. The number of ether oxygens (including phenoxy) is 3. The number of rotatable bonds is 4. The topological polar surface area (TPSA) is 119 Å². The van der Waals surface area contributed by atoms with Crippen molar-refractivity contribution in [3.8, 4) is 0 Å². The van der Waals surface area contributed by atoms with Gasteiger partial charge in [0.25, 0.3) is 0 Å². The van der Waals surface area contributed by atoms with E-state index in [9.17, 15) is 19.5 Å². The highest BCUT2D eigenvalue weighted by Crippen LogP contribution is 2.36. The third-order valence-corrected chi connectivity index (χ3v) is 5.10. The Morgan fingerprint density at radius 1 is 1.27 bits per heavy atom. The summed E-state index contributed by atoms with van der Waals surface area (Å²) in [5.74, 6) is -2.46. The summed E-state index contributed by atoms with van der Waals surface area (Å²) in [6.07, 6.45) is 0.972. The molecule has 1 fully saturated rings. The van der Waals surface area contributed by atoms with Gasteiger partial charge in [0.2, 0.25) is 0 Å². The molecule has 0 amide bonds. The van der Waals surface area contributed by atoms with Crippen molar-refractivity contribution in [1.29, 1.82) is 0 Å². The number of hydrogen-bond donors (Lipinski definition) is 2. The molecule has 0 bridgehead atoms. The maximum atomic E-state index is 12.4. The van der Waals surface area contributed by atoms with E-state index in [4.69, 9.17) is 19.3 Å². The fourth-order valence-corrected chi connectivity index (χ4v) is 3.60. The number of carbonyl (C=O) groups excluding carboxylic acids is 3. The molecule has 1 heterocycles. The van der Waals surface area contributed by atoms with Gasteiger partial charge in [-0.1, -0.05) is 18.2 Å². The largest absolute Gasteiger partial charge is 0.458 e. The summed E-state index contributed by atoms with van der Waals surface area (Å²) in [5, 5.41) is 19.6. The van der Waals surface area contributed by atoms with Gasteiger partial charge in [0.1, 0.15) is 18.3 Å². The van der Waals surface area contributed by atoms with Crippen molar-refractivity contribution >= 4 is 17.9 Å². The van der Waals surface area contributed by atoms with Crippen molar-refractivity contribution in [2.45, 2.75) is 58.5 Å². The molecule has 1 saturated heterocycles. The molecule has 2 aliphatic rings. The van der Waals surface area contributed by atoms with Crippen molar-refractivity contribution in [2.75, 3.05) is 6.61 Å². The van der Waals surface area contributed by atoms with Gasteiger partial charge in [-0.3, -0.25) is 4.79 Å². The first-order valence-electron chi connectivity index (χ1n) is 9.64. The molecule has 0 spiro atoms. The first-order chi connectivity index (χ1) is 14.0. The lowest BCUT2D eigenvalue weighted by atomic mass is 9.84. The van der Waals surface area contributed by atoms with E-state index in [0.29, 0.717) is 11.1 Å². The summed E-state index contributed by atoms with van der Waals surface area (Å²) in [6.45, 7) is 9.66. The Hall–Kier alpha value is -2.71. The minimum absolute atomic E-state index is 0.170. The number of hydrogen-bond acceptors (Lipinski definition) is 8. The summed E-state index contributed by atoms with van der Waals surface area (Å²) in [5.41, 5.74) is 1.55. The first kappa shape index (κ1) is 23.6. The van der Waals surface area contributed by atoms with Crippen LogP contribution in [0.3, 0.4) is 0 Å². The Kier molecular flexibility index (Phi) is 7.75. The lowest BCUT2D eigenvalue weighted by Crippen LogP contribution is -2.36. The van der Waals surface area contributed by atoms with Gasteiger partial charge < -0.3 is 24.4 Å². The van der Waals surface area contributed by atoms with Crippen LogP contribution in [0, 0.1) is 5.92 Å². The Morgan fingerprint density at radius 2 is 1.93 bits per heavy atom. The minimum Gasteiger partial charge on any atom is -0.458 e. The summed E-state index contributed by atoms with van der Waals surface area (Å²) in [6, 6.07) is 0. The molecule has 2 N–H and O–H groups in total. The highest BCUT2D eigenvalue weighted by molar-refractivity contribution is 5.92. The highest BCUT2D eigenvalue weighted by atomic mass is 16.6. The van der Waals surface area contributed by atoms with Gasteiger partial charge in [0.15, 0.2) is 6.10 Å². The molecule has 0 aromatic carbocycles. The Balaban J connectivity index is 2.48. The van der Waals surface area contributed by atoms with E-state index < -0.39 is 48.2 Å². The lowest BCUT2D eigenvalue weighted by molar-refractivity contribution is -0.149. The Morgan fingerprint density at radius 3 is 2.53 bits per heavy atom. The van der Waals surface area contributed by atoms with Crippen molar-refractivity contribution < 1.29 is 38.8 Å². The average Bonchev–Trinajstić information content (AvgIpc) is 2.91. The zero-order valence-electron chi connectivity index (χ0n) is 17.6. The second kappa shape index (κ2) is 9.86. The van der Waals surface area contributed by atoms with Crippen LogP contribution in [0.2, 0.25) is 0 Å². The molecule has 0 saturated carbocycles. The molecule has 30 heavy (non-hydrogen) atoms. The standard InChI is InChI=1S/C22H28O8/c1-11-8-16(25)20(28-15(5)24)13(3)10-18-19(14(4)22(27)30-18)17(9-11)29-21(26)12(2)6-7-23/h6,8,10,16-20,23,25H,4,7,9H2,1-3,5H3/b11-8+,12-6+,13-10-/t16-,17-,18-,19-,20+/m1/s1. The molecule has 8 heteroatoms. The van der Waals surface area contributed by atoms with E-state index in [-0.39, 0.29) is 24.2 Å². The van der Waals surface area contributed by atoms with E-state index in [1.165, 1.54) is 26.0 Å². The second-order valence-electron chi connectivity index (χ2n) is 7.58. The average molecular weight is 420 g/mol. The zero-order chi connectivity index (χ0) is 22.6. The number of aliphatic hydroxyl groups excluding tert-OH is 2. The first-order valence-corrected chi connectivity index (χ1v) is 9.64. The molecular weight excluding hydrogens is 392 g/mol. The maximum Gasteiger partial charge on any atom is 0.334 e. The van der Waals surface area contributed by atoms with Crippen molar-refractivity contribution in [1.82, 2.24) is 0 Å². The van der Waals surface area contributed by atoms with Crippen LogP contribution in [-0.2, 0) is 28.6 Å². The summed E-state index contributed by atoms with van der Waals surface area (Å²) >= 11 is 0. The van der Waals surface area contributed by atoms with Crippen molar-refractivity contribution in [3.63, 3.8) is 0 Å². The zero-order valence-corrected chi connectivity index (χ0v) is 17.6.